The number of anilines is 2. The monoisotopic (exact) mass is 519 g/mol. The van der Waals surface area contributed by atoms with Gasteiger partial charge in [-0.05, 0) is 72.0 Å². The number of hydrogen-bond donors (Lipinski definition) is 1. The maximum absolute atomic E-state index is 15.5. The Morgan fingerprint density at radius 1 is 0.947 bits per heavy atom. The first-order chi connectivity index (χ1) is 18.6. The number of nitrogens with zero attached hydrogens (tertiary/aromatic N) is 2. The topological polar surface area (TPSA) is 60.9 Å². The zero-order valence-corrected chi connectivity index (χ0v) is 21.5. The van der Waals surface area contributed by atoms with Gasteiger partial charge in [-0.3, -0.25) is 4.79 Å². The summed E-state index contributed by atoms with van der Waals surface area (Å²) in [5.41, 5.74) is 2.73. The second-order valence-corrected chi connectivity index (χ2v) is 9.76. The van der Waals surface area contributed by atoms with Gasteiger partial charge < -0.3 is 14.9 Å². The number of carbonyl (C=O) groups is 2. The lowest BCUT2D eigenvalue weighted by Crippen LogP contribution is -2.37. The first-order valence-electron chi connectivity index (χ1n) is 13.3. The predicted octanol–water partition coefficient (Wildman–Crippen LogP) is 6.91. The lowest BCUT2D eigenvalue weighted by atomic mass is 9.88. The summed E-state index contributed by atoms with van der Waals surface area (Å²) in [4.78, 5) is 27.8. The van der Waals surface area contributed by atoms with Crippen LogP contribution in [0, 0.1) is 17.6 Å². The standard InChI is InChI=1S/C31H32F2N2O3/c1-34(2)27-13-11-22(12-14-27)24-9-10-25(29(33)18-24)20-35(31(38)23-6-4-3-5-7-23)28-17-21(8-15-30(36)37)16-26(32)19-28/h8-19,23H,3-7,20H2,1-2H3,(H,36,37)/b15-8+/i20D/t20-/m1/s1. The zero-order chi connectivity index (χ0) is 28.1. The highest BCUT2D eigenvalue weighted by atomic mass is 19.1. The molecule has 0 aromatic heterocycles. The summed E-state index contributed by atoms with van der Waals surface area (Å²) in [7, 11) is 3.87. The van der Waals surface area contributed by atoms with Crippen LogP contribution in [-0.2, 0) is 16.1 Å². The van der Waals surface area contributed by atoms with E-state index in [1.807, 2.05) is 43.3 Å². The van der Waals surface area contributed by atoms with Gasteiger partial charge in [0.15, 0.2) is 0 Å². The Morgan fingerprint density at radius 2 is 1.63 bits per heavy atom. The molecule has 198 valence electrons. The van der Waals surface area contributed by atoms with Crippen LogP contribution in [0.3, 0.4) is 0 Å². The van der Waals surface area contributed by atoms with Gasteiger partial charge in [-0.15, -0.1) is 0 Å². The van der Waals surface area contributed by atoms with Crippen LogP contribution >= 0.6 is 0 Å². The Hall–Kier alpha value is -4.00. The minimum atomic E-state index is -1.47. The molecule has 3 aromatic rings. The van der Waals surface area contributed by atoms with Crippen LogP contribution in [-0.4, -0.2) is 31.1 Å². The summed E-state index contributed by atoms with van der Waals surface area (Å²) in [6, 6.07) is 15.9. The number of rotatable bonds is 8. The second-order valence-electron chi connectivity index (χ2n) is 9.76. The molecule has 0 aliphatic heterocycles. The molecular weight excluding hydrogens is 486 g/mol. The van der Waals surface area contributed by atoms with Crippen LogP contribution in [0.1, 0.15) is 44.6 Å². The van der Waals surface area contributed by atoms with Gasteiger partial charge in [0.05, 0.1) is 7.89 Å². The van der Waals surface area contributed by atoms with E-state index in [-0.39, 0.29) is 28.6 Å². The molecule has 1 aliphatic carbocycles. The number of amides is 1. The Kier molecular flexibility index (Phi) is 8.12. The van der Waals surface area contributed by atoms with E-state index in [0.717, 1.165) is 53.6 Å². The van der Waals surface area contributed by atoms with Gasteiger partial charge in [0.25, 0.3) is 0 Å². The van der Waals surface area contributed by atoms with E-state index >= 15 is 4.39 Å². The zero-order valence-electron chi connectivity index (χ0n) is 22.5. The molecule has 0 heterocycles. The van der Waals surface area contributed by atoms with Crippen LogP contribution in [0.4, 0.5) is 20.2 Å². The Bertz CT molecular complexity index is 1370. The molecule has 1 atom stereocenters. The summed E-state index contributed by atoms with van der Waals surface area (Å²) in [5, 5.41) is 8.97. The van der Waals surface area contributed by atoms with Gasteiger partial charge in [0, 0.05) is 43.0 Å². The molecule has 0 radical (unpaired) electrons. The molecule has 0 unspecified atom stereocenters. The first-order valence-corrected chi connectivity index (χ1v) is 12.7. The minimum absolute atomic E-state index is 0.0142. The van der Waals surface area contributed by atoms with Crippen molar-refractivity contribution in [3.63, 3.8) is 0 Å². The Morgan fingerprint density at radius 3 is 2.26 bits per heavy atom. The molecular formula is C31H32F2N2O3. The van der Waals surface area contributed by atoms with Gasteiger partial charge in [0.2, 0.25) is 5.91 Å². The van der Waals surface area contributed by atoms with Crippen LogP contribution < -0.4 is 9.80 Å². The van der Waals surface area contributed by atoms with E-state index in [1.165, 1.54) is 24.3 Å². The normalized spacial score (nSPS) is 15.2. The molecule has 0 spiro atoms. The lowest BCUT2D eigenvalue weighted by molar-refractivity contribution is -0.131. The molecule has 0 bridgehead atoms. The van der Waals surface area contributed by atoms with Crippen LogP contribution in [0.15, 0.2) is 66.7 Å². The van der Waals surface area contributed by atoms with Crippen molar-refractivity contribution >= 4 is 29.3 Å². The molecule has 7 heteroatoms. The fourth-order valence-electron chi connectivity index (χ4n) is 4.71. The van der Waals surface area contributed by atoms with Crippen molar-refractivity contribution in [2.45, 2.75) is 38.6 Å². The van der Waals surface area contributed by atoms with Crippen LogP contribution in [0.2, 0.25) is 0 Å². The van der Waals surface area contributed by atoms with Crippen LogP contribution in [0.25, 0.3) is 17.2 Å². The smallest absolute Gasteiger partial charge is 0.328 e. The molecule has 1 fully saturated rings. The first kappa shape index (κ1) is 25.6. The van der Waals surface area contributed by atoms with E-state index in [9.17, 15) is 14.0 Å². The van der Waals surface area contributed by atoms with E-state index in [4.69, 9.17) is 6.48 Å². The second kappa shape index (κ2) is 12.0. The molecule has 5 nitrogen and oxygen atoms in total. The number of halogens is 2. The van der Waals surface area contributed by atoms with E-state index in [1.54, 1.807) is 6.07 Å². The minimum Gasteiger partial charge on any atom is -0.478 e. The summed E-state index contributed by atoms with van der Waals surface area (Å²) in [6.07, 6.45) is 6.14. The van der Waals surface area contributed by atoms with Crippen LogP contribution in [0.5, 0.6) is 0 Å². The molecule has 3 aromatic carbocycles. The molecule has 1 amide bonds. The maximum atomic E-state index is 15.5. The summed E-state index contributed by atoms with van der Waals surface area (Å²) >= 11 is 0. The number of carbonyl (C=O) groups excluding carboxylic acids is 1. The average molecular weight is 520 g/mol. The molecule has 0 saturated heterocycles. The lowest BCUT2D eigenvalue weighted by Gasteiger charge is -2.30. The van der Waals surface area contributed by atoms with E-state index < -0.39 is 24.1 Å². The van der Waals surface area contributed by atoms with Crippen molar-refractivity contribution in [1.29, 1.82) is 0 Å². The van der Waals surface area contributed by atoms with E-state index in [0.29, 0.717) is 18.4 Å². The highest BCUT2D eigenvalue weighted by Crippen LogP contribution is 2.31. The Labute approximate surface area is 223 Å². The third kappa shape index (κ3) is 6.65. The van der Waals surface area contributed by atoms with Gasteiger partial charge in [-0.2, -0.15) is 0 Å². The molecule has 38 heavy (non-hydrogen) atoms. The molecule has 1 N–H and O–H groups in total. The van der Waals surface area contributed by atoms with Crippen molar-refractivity contribution < 1.29 is 24.8 Å². The highest BCUT2D eigenvalue weighted by molar-refractivity contribution is 5.95. The Balaban J connectivity index is 1.72. The summed E-state index contributed by atoms with van der Waals surface area (Å²) in [6.45, 7) is -1.47. The van der Waals surface area contributed by atoms with E-state index in [2.05, 4.69) is 0 Å². The SMILES string of the molecule is [2H][C@H](c1ccc(-c2ccc(N(C)C)cc2)cc1F)N(C(=O)C1CCCCC1)c1cc(F)cc(/C=C/C(=O)O)c1. The average Bonchev–Trinajstić information content (AvgIpc) is 2.92. The number of hydrogen-bond acceptors (Lipinski definition) is 3. The molecule has 1 saturated carbocycles. The van der Waals surface area contributed by atoms with Crippen molar-refractivity contribution in [2.75, 3.05) is 23.9 Å². The number of carboxylic acids is 1. The van der Waals surface area contributed by atoms with Gasteiger partial charge in [-0.25, -0.2) is 13.6 Å². The fourth-order valence-corrected chi connectivity index (χ4v) is 4.71. The molecule has 4 rings (SSSR count). The van der Waals surface area contributed by atoms with Gasteiger partial charge in [-0.1, -0.05) is 43.5 Å². The predicted molar refractivity (Wildman–Crippen MR) is 147 cm³/mol. The van der Waals surface area contributed by atoms with Crippen molar-refractivity contribution in [3.8, 4) is 11.1 Å². The quantitative estimate of drug-likeness (QED) is 0.329. The van der Waals surface area contributed by atoms with Gasteiger partial charge >= 0.3 is 5.97 Å². The van der Waals surface area contributed by atoms with Crippen molar-refractivity contribution in [2.24, 2.45) is 5.92 Å². The maximum Gasteiger partial charge on any atom is 0.328 e. The van der Waals surface area contributed by atoms with Gasteiger partial charge in [0.1, 0.15) is 11.6 Å². The van der Waals surface area contributed by atoms with Crippen molar-refractivity contribution in [1.82, 2.24) is 0 Å². The summed E-state index contributed by atoms with van der Waals surface area (Å²) in [5.74, 6) is -3.26. The molecule has 1 aliphatic rings. The number of benzene rings is 3. The third-order valence-corrected chi connectivity index (χ3v) is 6.78. The summed E-state index contributed by atoms with van der Waals surface area (Å²) < 4.78 is 39.1. The highest BCUT2D eigenvalue weighted by Gasteiger charge is 2.28. The number of carboxylic acid groups (broad SMARTS) is 1. The number of aliphatic carboxylic acids is 1. The van der Waals surface area contributed by atoms with Crippen molar-refractivity contribution in [3.05, 3.63) is 89.5 Å². The largest absolute Gasteiger partial charge is 0.478 e. The third-order valence-electron chi connectivity index (χ3n) is 6.78. The fraction of sp³-hybridized carbons (Fsp3) is 0.290.